The van der Waals surface area contributed by atoms with Gasteiger partial charge in [-0.15, -0.1) is 0 Å². The summed E-state index contributed by atoms with van der Waals surface area (Å²) in [6.45, 7) is 4.40. The molecule has 1 aliphatic carbocycles. The molecule has 0 aromatic carbocycles. The highest BCUT2D eigenvalue weighted by Crippen LogP contribution is 2.34. The van der Waals surface area contributed by atoms with Gasteiger partial charge in [-0.05, 0) is 44.7 Å². The maximum atomic E-state index is 4.51. The second-order valence-electron chi connectivity index (χ2n) is 5.43. The van der Waals surface area contributed by atoms with Crippen molar-refractivity contribution in [1.29, 1.82) is 0 Å². The first-order chi connectivity index (χ1) is 8.24. The Morgan fingerprint density at radius 3 is 2.88 bits per heavy atom. The third kappa shape index (κ3) is 2.89. The lowest BCUT2D eigenvalue weighted by Gasteiger charge is -2.36. The van der Waals surface area contributed by atoms with Crippen LogP contribution in [0.3, 0.4) is 0 Å². The summed E-state index contributed by atoms with van der Waals surface area (Å²) in [7, 11) is 2.08. The molecule has 3 heteroatoms. The Bertz CT molecular complexity index is 345. The molecule has 3 nitrogen and oxygen atoms in total. The summed E-state index contributed by atoms with van der Waals surface area (Å²) in [4.78, 5) is 0. The minimum Gasteiger partial charge on any atom is -0.315 e. The van der Waals surface area contributed by atoms with Crippen LogP contribution in [0.2, 0.25) is 0 Å². The molecule has 1 fully saturated rings. The third-order valence-corrected chi connectivity index (χ3v) is 4.06. The van der Waals surface area contributed by atoms with E-state index in [1.54, 1.807) is 0 Å². The fraction of sp³-hybridized carbons (Fsp3) is 0.786. The zero-order valence-corrected chi connectivity index (χ0v) is 11.3. The average molecular weight is 235 g/mol. The standard InChI is InChI=1S/C14H25N3/c1-4-5-12-6-7-13(15-3)14(8-12)17-10-11(2)9-16-17/h9-10,12-15H,4-8H2,1-3H3. The van der Waals surface area contributed by atoms with Gasteiger partial charge in [0.2, 0.25) is 0 Å². The number of nitrogens with one attached hydrogen (secondary N) is 1. The molecule has 1 N–H and O–H groups in total. The zero-order chi connectivity index (χ0) is 12.3. The smallest absolute Gasteiger partial charge is 0.0674 e. The SMILES string of the molecule is CCCC1CCC(NC)C(n2cc(C)cn2)C1. The number of aromatic nitrogens is 2. The highest BCUT2D eigenvalue weighted by Gasteiger charge is 2.30. The van der Waals surface area contributed by atoms with Crippen molar-refractivity contribution in [3.63, 3.8) is 0 Å². The molecule has 0 radical (unpaired) electrons. The van der Waals surface area contributed by atoms with Crippen LogP contribution < -0.4 is 5.32 Å². The first-order valence-corrected chi connectivity index (χ1v) is 6.92. The molecule has 1 aromatic heterocycles. The molecule has 1 saturated carbocycles. The van der Waals surface area contributed by atoms with Crippen LogP contribution in [0.25, 0.3) is 0 Å². The van der Waals surface area contributed by atoms with Gasteiger partial charge in [0, 0.05) is 12.2 Å². The Hall–Kier alpha value is -0.830. The van der Waals surface area contributed by atoms with Gasteiger partial charge in [0.1, 0.15) is 0 Å². The van der Waals surface area contributed by atoms with Crippen molar-refractivity contribution in [3.8, 4) is 0 Å². The van der Waals surface area contributed by atoms with Crippen molar-refractivity contribution in [2.24, 2.45) is 5.92 Å². The normalized spacial score (nSPS) is 29.5. The Kier molecular flexibility index (Phi) is 4.21. The van der Waals surface area contributed by atoms with Gasteiger partial charge in [-0.3, -0.25) is 4.68 Å². The monoisotopic (exact) mass is 235 g/mol. The van der Waals surface area contributed by atoms with E-state index < -0.39 is 0 Å². The molecule has 0 amide bonds. The maximum absolute atomic E-state index is 4.51. The summed E-state index contributed by atoms with van der Waals surface area (Å²) >= 11 is 0. The summed E-state index contributed by atoms with van der Waals surface area (Å²) in [6, 6.07) is 1.13. The molecular formula is C14H25N3. The van der Waals surface area contributed by atoms with Gasteiger partial charge in [-0.2, -0.15) is 5.10 Å². The third-order valence-electron chi connectivity index (χ3n) is 4.06. The molecule has 1 aromatic rings. The van der Waals surface area contributed by atoms with Crippen molar-refractivity contribution >= 4 is 0 Å². The number of nitrogens with zero attached hydrogens (tertiary/aromatic N) is 2. The molecule has 0 saturated heterocycles. The van der Waals surface area contributed by atoms with Gasteiger partial charge in [0.05, 0.1) is 12.2 Å². The summed E-state index contributed by atoms with van der Waals surface area (Å²) < 4.78 is 2.18. The second-order valence-corrected chi connectivity index (χ2v) is 5.43. The van der Waals surface area contributed by atoms with Gasteiger partial charge < -0.3 is 5.32 Å². The van der Waals surface area contributed by atoms with Crippen molar-refractivity contribution in [2.45, 2.75) is 58.0 Å². The number of hydrogen-bond acceptors (Lipinski definition) is 2. The molecule has 2 rings (SSSR count). The molecule has 0 bridgehead atoms. The van der Waals surface area contributed by atoms with Crippen LogP contribution >= 0.6 is 0 Å². The van der Waals surface area contributed by atoms with E-state index in [1.165, 1.54) is 37.7 Å². The fourth-order valence-electron chi connectivity index (χ4n) is 3.15. The molecule has 17 heavy (non-hydrogen) atoms. The summed E-state index contributed by atoms with van der Waals surface area (Å²) in [6.07, 6.45) is 10.8. The summed E-state index contributed by atoms with van der Waals surface area (Å²) in [5.41, 5.74) is 1.26. The molecule has 1 heterocycles. The minimum atomic E-state index is 0.541. The largest absolute Gasteiger partial charge is 0.315 e. The molecule has 3 unspecified atom stereocenters. The number of rotatable bonds is 4. The van der Waals surface area contributed by atoms with E-state index in [-0.39, 0.29) is 0 Å². The Labute approximate surface area is 105 Å². The van der Waals surface area contributed by atoms with Gasteiger partial charge in [0.25, 0.3) is 0 Å². The van der Waals surface area contributed by atoms with Crippen LogP contribution in [0.4, 0.5) is 0 Å². The van der Waals surface area contributed by atoms with E-state index in [2.05, 4.69) is 42.2 Å². The topological polar surface area (TPSA) is 29.9 Å². The van der Waals surface area contributed by atoms with Crippen LogP contribution in [0.5, 0.6) is 0 Å². The highest BCUT2D eigenvalue weighted by molar-refractivity contribution is 5.02. The Morgan fingerprint density at radius 2 is 2.29 bits per heavy atom. The average Bonchev–Trinajstić information content (AvgIpc) is 2.76. The van der Waals surface area contributed by atoms with Gasteiger partial charge >= 0.3 is 0 Å². The maximum Gasteiger partial charge on any atom is 0.0674 e. The van der Waals surface area contributed by atoms with Crippen molar-refractivity contribution in [1.82, 2.24) is 15.1 Å². The van der Waals surface area contributed by atoms with E-state index in [0.29, 0.717) is 12.1 Å². The van der Waals surface area contributed by atoms with Crippen LogP contribution in [0, 0.1) is 12.8 Å². The quantitative estimate of drug-likeness (QED) is 0.869. The van der Waals surface area contributed by atoms with E-state index in [1.807, 2.05) is 6.20 Å². The minimum absolute atomic E-state index is 0.541. The summed E-state index contributed by atoms with van der Waals surface area (Å²) in [5, 5.41) is 7.97. The molecule has 0 spiro atoms. The lowest BCUT2D eigenvalue weighted by Crippen LogP contribution is -2.40. The van der Waals surface area contributed by atoms with E-state index in [4.69, 9.17) is 0 Å². The van der Waals surface area contributed by atoms with Crippen molar-refractivity contribution in [3.05, 3.63) is 18.0 Å². The van der Waals surface area contributed by atoms with Crippen molar-refractivity contribution < 1.29 is 0 Å². The van der Waals surface area contributed by atoms with E-state index in [0.717, 1.165) is 5.92 Å². The first kappa shape index (κ1) is 12.6. The number of aryl methyl sites for hydroxylation is 1. The predicted octanol–water partition coefficient (Wildman–Crippen LogP) is 2.92. The Balaban J connectivity index is 2.09. The Morgan fingerprint density at radius 1 is 1.47 bits per heavy atom. The van der Waals surface area contributed by atoms with Gasteiger partial charge in [-0.1, -0.05) is 19.8 Å². The number of likely N-dealkylation sites (N-methyl/N-ethyl adjacent to an activating group) is 1. The fourth-order valence-corrected chi connectivity index (χ4v) is 3.15. The van der Waals surface area contributed by atoms with E-state index >= 15 is 0 Å². The second kappa shape index (κ2) is 5.67. The molecule has 3 atom stereocenters. The molecular weight excluding hydrogens is 210 g/mol. The lowest BCUT2D eigenvalue weighted by molar-refractivity contribution is 0.193. The lowest BCUT2D eigenvalue weighted by atomic mass is 9.80. The molecule has 0 aliphatic heterocycles. The zero-order valence-electron chi connectivity index (χ0n) is 11.3. The molecule has 96 valence electrons. The van der Waals surface area contributed by atoms with Crippen LogP contribution in [-0.2, 0) is 0 Å². The van der Waals surface area contributed by atoms with Gasteiger partial charge in [0.15, 0.2) is 0 Å². The van der Waals surface area contributed by atoms with E-state index in [9.17, 15) is 0 Å². The predicted molar refractivity (Wildman–Crippen MR) is 71.1 cm³/mol. The summed E-state index contributed by atoms with van der Waals surface area (Å²) in [5.74, 6) is 0.888. The van der Waals surface area contributed by atoms with Crippen LogP contribution in [0.1, 0.15) is 50.6 Å². The number of hydrogen-bond donors (Lipinski definition) is 1. The van der Waals surface area contributed by atoms with Crippen LogP contribution in [0.15, 0.2) is 12.4 Å². The van der Waals surface area contributed by atoms with Crippen LogP contribution in [-0.4, -0.2) is 22.9 Å². The van der Waals surface area contributed by atoms with Gasteiger partial charge in [-0.25, -0.2) is 0 Å². The highest BCUT2D eigenvalue weighted by atomic mass is 15.3. The first-order valence-electron chi connectivity index (χ1n) is 6.92. The molecule has 1 aliphatic rings. The van der Waals surface area contributed by atoms with Crippen molar-refractivity contribution in [2.75, 3.05) is 7.05 Å².